The van der Waals surface area contributed by atoms with Crippen LogP contribution in [0.3, 0.4) is 0 Å². The standard InChI is InChI=1S/C16H19N3O4/c1-12(23-14-4-2-13(20)3-5-14)16(22)19-10-8-18(9-11-19)15(21)6-7-17/h2-5,12,20H,6,8-11H2,1H3. The molecule has 0 aliphatic carbocycles. The summed E-state index contributed by atoms with van der Waals surface area (Å²) in [5.41, 5.74) is 0. The number of benzene rings is 1. The topological polar surface area (TPSA) is 93.9 Å². The first kappa shape index (κ1) is 16.6. The summed E-state index contributed by atoms with van der Waals surface area (Å²) in [5.74, 6) is 0.291. The number of hydrogen-bond donors (Lipinski definition) is 1. The Labute approximate surface area is 134 Å². The highest BCUT2D eigenvalue weighted by molar-refractivity contribution is 5.82. The summed E-state index contributed by atoms with van der Waals surface area (Å²) in [6.45, 7) is 3.39. The van der Waals surface area contributed by atoms with Crippen LogP contribution >= 0.6 is 0 Å². The Morgan fingerprint density at radius 2 is 1.78 bits per heavy atom. The lowest BCUT2D eigenvalue weighted by Crippen LogP contribution is -2.53. The van der Waals surface area contributed by atoms with Gasteiger partial charge in [-0.05, 0) is 31.2 Å². The Kier molecular flexibility index (Phi) is 5.41. The number of nitriles is 1. The average Bonchev–Trinajstić information content (AvgIpc) is 2.56. The van der Waals surface area contributed by atoms with Crippen molar-refractivity contribution in [2.75, 3.05) is 26.2 Å². The van der Waals surface area contributed by atoms with Crippen molar-refractivity contribution in [2.24, 2.45) is 0 Å². The third-order valence-corrected chi connectivity index (χ3v) is 3.67. The molecule has 122 valence electrons. The molecule has 1 aliphatic heterocycles. The van der Waals surface area contributed by atoms with Crippen molar-refractivity contribution in [3.05, 3.63) is 24.3 Å². The molecule has 1 aromatic rings. The number of carbonyl (C=O) groups excluding carboxylic acids is 2. The molecule has 0 bridgehead atoms. The first-order valence-corrected chi connectivity index (χ1v) is 7.40. The molecule has 1 fully saturated rings. The smallest absolute Gasteiger partial charge is 0.263 e. The van der Waals surface area contributed by atoms with Crippen molar-refractivity contribution in [2.45, 2.75) is 19.4 Å². The van der Waals surface area contributed by atoms with Gasteiger partial charge in [0.25, 0.3) is 5.91 Å². The lowest BCUT2D eigenvalue weighted by Gasteiger charge is -2.35. The monoisotopic (exact) mass is 317 g/mol. The minimum atomic E-state index is -0.652. The number of hydrogen-bond acceptors (Lipinski definition) is 5. The number of rotatable bonds is 4. The van der Waals surface area contributed by atoms with E-state index < -0.39 is 6.10 Å². The van der Waals surface area contributed by atoms with Crippen molar-refractivity contribution in [1.29, 1.82) is 5.26 Å². The molecule has 1 aliphatic rings. The molecule has 0 spiro atoms. The number of ether oxygens (including phenoxy) is 1. The molecule has 0 radical (unpaired) electrons. The van der Waals surface area contributed by atoms with Crippen LogP contribution in [0, 0.1) is 11.3 Å². The molecule has 1 aromatic carbocycles. The van der Waals surface area contributed by atoms with Crippen molar-refractivity contribution in [3.8, 4) is 17.6 Å². The summed E-state index contributed by atoms with van der Waals surface area (Å²) in [5, 5.41) is 17.8. The van der Waals surface area contributed by atoms with E-state index in [9.17, 15) is 14.7 Å². The predicted molar refractivity (Wildman–Crippen MR) is 81.6 cm³/mol. The first-order chi connectivity index (χ1) is 11.0. The van der Waals surface area contributed by atoms with Gasteiger partial charge in [0, 0.05) is 26.2 Å². The fourth-order valence-electron chi connectivity index (χ4n) is 2.39. The second-order valence-corrected chi connectivity index (χ2v) is 5.29. The van der Waals surface area contributed by atoms with Gasteiger partial charge in [0.05, 0.1) is 6.07 Å². The Morgan fingerprint density at radius 1 is 1.22 bits per heavy atom. The predicted octanol–water partition coefficient (Wildman–Crippen LogP) is 0.744. The van der Waals surface area contributed by atoms with Crippen molar-refractivity contribution in [3.63, 3.8) is 0 Å². The van der Waals surface area contributed by atoms with Gasteiger partial charge in [0.2, 0.25) is 5.91 Å². The molecule has 1 unspecified atom stereocenters. The minimum Gasteiger partial charge on any atom is -0.508 e. The molecule has 1 atom stereocenters. The molecule has 2 amide bonds. The van der Waals surface area contributed by atoms with E-state index in [-0.39, 0.29) is 24.0 Å². The summed E-state index contributed by atoms with van der Waals surface area (Å²) < 4.78 is 5.57. The maximum atomic E-state index is 12.4. The van der Waals surface area contributed by atoms with Crippen LogP contribution in [0.15, 0.2) is 24.3 Å². The molecular weight excluding hydrogens is 298 g/mol. The quantitative estimate of drug-likeness (QED) is 0.884. The zero-order valence-electron chi connectivity index (χ0n) is 12.9. The van der Waals surface area contributed by atoms with Crippen molar-refractivity contribution >= 4 is 11.8 Å². The number of phenolic OH excluding ortho intramolecular Hbond substituents is 1. The zero-order valence-corrected chi connectivity index (χ0v) is 12.9. The summed E-state index contributed by atoms with van der Waals surface area (Å²) in [6, 6.07) is 8.01. The van der Waals surface area contributed by atoms with Gasteiger partial charge in [-0.15, -0.1) is 0 Å². The highest BCUT2D eigenvalue weighted by Crippen LogP contribution is 2.18. The maximum Gasteiger partial charge on any atom is 0.263 e. The number of aromatic hydroxyl groups is 1. The van der Waals surface area contributed by atoms with E-state index in [2.05, 4.69) is 0 Å². The SMILES string of the molecule is CC(Oc1ccc(O)cc1)C(=O)N1CCN(C(=O)CC#N)CC1. The molecule has 23 heavy (non-hydrogen) atoms. The average molecular weight is 317 g/mol. The van der Waals surface area contributed by atoms with Gasteiger partial charge >= 0.3 is 0 Å². The van der Waals surface area contributed by atoms with E-state index in [0.717, 1.165) is 0 Å². The Bertz CT molecular complexity index is 601. The van der Waals surface area contributed by atoms with E-state index in [0.29, 0.717) is 31.9 Å². The van der Waals surface area contributed by atoms with Crippen LogP contribution in [0.25, 0.3) is 0 Å². The number of nitrogens with zero attached hydrogens (tertiary/aromatic N) is 3. The zero-order chi connectivity index (χ0) is 16.8. The van der Waals surface area contributed by atoms with Gasteiger partial charge in [0.1, 0.15) is 17.9 Å². The van der Waals surface area contributed by atoms with Crippen molar-refractivity contribution in [1.82, 2.24) is 9.80 Å². The number of piperazine rings is 1. The third kappa shape index (κ3) is 4.36. The maximum absolute atomic E-state index is 12.4. The highest BCUT2D eigenvalue weighted by Gasteiger charge is 2.27. The van der Waals surface area contributed by atoms with Gasteiger partial charge in [-0.3, -0.25) is 9.59 Å². The number of phenols is 1. The second-order valence-electron chi connectivity index (χ2n) is 5.29. The molecular formula is C16H19N3O4. The van der Waals surface area contributed by atoms with Crippen molar-refractivity contribution < 1.29 is 19.4 Å². The normalized spacial score (nSPS) is 15.7. The largest absolute Gasteiger partial charge is 0.508 e. The minimum absolute atomic E-state index is 0.131. The molecule has 1 saturated heterocycles. The van der Waals surface area contributed by atoms with Crippen LogP contribution < -0.4 is 4.74 Å². The van der Waals surface area contributed by atoms with E-state index in [4.69, 9.17) is 10.00 Å². The molecule has 1 heterocycles. The van der Waals surface area contributed by atoms with Crippen LogP contribution in [0.2, 0.25) is 0 Å². The molecule has 1 N–H and O–H groups in total. The molecule has 0 saturated carbocycles. The van der Waals surface area contributed by atoms with Crippen LogP contribution in [-0.2, 0) is 9.59 Å². The van der Waals surface area contributed by atoms with Gasteiger partial charge in [-0.2, -0.15) is 5.26 Å². The number of carbonyl (C=O) groups is 2. The fourth-order valence-corrected chi connectivity index (χ4v) is 2.39. The van der Waals surface area contributed by atoms with Crippen LogP contribution in [0.4, 0.5) is 0 Å². The highest BCUT2D eigenvalue weighted by atomic mass is 16.5. The van der Waals surface area contributed by atoms with Crippen LogP contribution in [0.1, 0.15) is 13.3 Å². The molecule has 7 heteroatoms. The Hall–Kier alpha value is -2.75. The van der Waals surface area contributed by atoms with Gasteiger partial charge < -0.3 is 19.6 Å². The van der Waals surface area contributed by atoms with E-state index in [1.165, 1.54) is 12.1 Å². The Balaban J connectivity index is 1.85. The van der Waals surface area contributed by atoms with Gasteiger partial charge in [-0.25, -0.2) is 0 Å². The summed E-state index contributed by atoms with van der Waals surface area (Å²) >= 11 is 0. The summed E-state index contributed by atoms with van der Waals surface area (Å²) in [6.07, 6.45) is -0.783. The van der Waals surface area contributed by atoms with Crippen LogP contribution in [0.5, 0.6) is 11.5 Å². The molecule has 2 rings (SSSR count). The molecule has 0 aromatic heterocycles. The lowest BCUT2D eigenvalue weighted by atomic mass is 10.2. The lowest BCUT2D eigenvalue weighted by molar-refractivity contribution is -0.143. The number of amides is 2. The second kappa shape index (κ2) is 7.49. The van der Waals surface area contributed by atoms with Crippen LogP contribution in [-0.4, -0.2) is 59.0 Å². The van der Waals surface area contributed by atoms with E-state index >= 15 is 0 Å². The van der Waals surface area contributed by atoms with E-state index in [1.807, 2.05) is 6.07 Å². The van der Waals surface area contributed by atoms with Gasteiger partial charge in [0.15, 0.2) is 6.10 Å². The molecule has 7 nitrogen and oxygen atoms in total. The van der Waals surface area contributed by atoms with E-state index in [1.54, 1.807) is 28.9 Å². The third-order valence-electron chi connectivity index (χ3n) is 3.67. The van der Waals surface area contributed by atoms with Gasteiger partial charge in [-0.1, -0.05) is 0 Å². The summed E-state index contributed by atoms with van der Waals surface area (Å²) in [7, 11) is 0. The fraction of sp³-hybridized carbons (Fsp3) is 0.438. The Morgan fingerprint density at radius 3 is 2.35 bits per heavy atom. The first-order valence-electron chi connectivity index (χ1n) is 7.40. The summed E-state index contributed by atoms with van der Waals surface area (Å²) in [4.78, 5) is 27.2.